The number of nitrogens with one attached hydrogen (secondary N) is 2. The van der Waals surface area contributed by atoms with Crippen molar-refractivity contribution in [1.29, 1.82) is 0 Å². The van der Waals surface area contributed by atoms with Crippen molar-refractivity contribution < 1.29 is 0 Å². The van der Waals surface area contributed by atoms with Crippen molar-refractivity contribution >= 4 is 29.9 Å². The maximum atomic E-state index is 4.85. The van der Waals surface area contributed by atoms with Gasteiger partial charge in [-0.2, -0.15) is 0 Å². The second-order valence-corrected chi connectivity index (χ2v) is 8.85. The normalized spacial score (nSPS) is 19.9. The zero-order chi connectivity index (χ0) is 20.5. The lowest BCUT2D eigenvalue weighted by Crippen LogP contribution is -2.59. The minimum absolute atomic E-state index is 0. The molecule has 30 heavy (non-hydrogen) atoms. The predicted octanol–water partition coefficient (Wildman–Crippen LogP) is 3.77. The highest BCUT2D eigenvalue weighted by molar-refractivity contribution is 14.0. The van der Waals surface area contributed by atoms with Gasteiger partial charge < -0.3 is 15.2 Å². The zero-order valence-corrected chi connectivity index (χ0v) is 21.6. The molecule has 0 radical (unpaired) electrons. The van der Waals surface area contributed by atoms with Crippen molar-refractivity contribution in [1.82, 2.24) is 30.3 Å². The standard InChI is InChI=1S/C22H41N7.HI/c1-4-5-14-23-21(24-17-20-27-26-19(2)28(20)3)25-18-22(12-8-6-9-13-22)29-15-10-7-11-16-29;/h4-18H2,1-3H3,(H2,23,24,25);1H. The Bertz CT molecular complexity index is 646. The van der Waals surface area contributed by atoms with Crippen molar-refractivity contribution in [2.24, 2.45) is 12.0 Å². The van der Waals surface area contributed by atoms with Crippen molar-refractivity contribution in [3.63, 3.8) is 0 Å². The first-order valence-corrected chi connectivity index (χ1v) is 11.8. The number of likely N-dealkylation sites (tertiary alicyclic amines) is 1. The van der Waals surface area contributed by atoms with E-state index in [-0.39, 0.29) is 24.0 Å². The average Bonchev–Trinajstić information content (AvgIpc) is 3.09. The molecule has 2 heterocycles. The number of hydrogen-bond donors (Lipinski definition) is 2. The Labute approximate surface area is 199 Å². The van der Waals surface area contributed by atoms with Gasteiger partial charge in [0.2, 0.25) is 0 Å². The summed E-state index contributed by atoms with van der Waals surface area (Å²) in [5.41, 5.74) is 0.299. The first-order chi connectivity index (χ1) is 14.1. The maximum Gasteiger partial charge on any atom is 0.191 e. The molecule has 1 aliphatic heterocycles. The summed E-state index contributed by atoms with van der Waals surface area (Å²) in [6.45, 7) is 9.21. The maximum absolute atomic E-state index is 4.85. The number of nitrogens with zero attached hydrogens (tertiary/aromatic N) is 5. The van der Waals surface area contributed by atoms with Crippen LogP contribution in [0.15, 0.2) is 4.99 Å². The predicted molar refractivity (Wildman–Crippen MR) is 134 cm³/mol. The molecular weight excluding hydrogens is 489 g/mol. The smallest absolute Gasteiger partial charge is 0.191 e. The minimum Gasteiger partial charge on any atom is -0.356 e. The molecule has 1 saturated carbocycles. The summed E-state index contributed by atoms with van der Waals surface area (Å²) in [5.74, 6) is 2.75. The second-order valence-electron chi connectivity index (χ2n) is 8.85. The van der Waals surface area contributed by atoms with Crippen LogP contribution in [0, 0.1) is 6.92 Å². The number of guanidine groups is 1. The van der Waals surface area contributed by atoms with Gasteiger partial charge in [-0.1, -0.05) is 39.0 Å². The highest BCUT2D eigenvalue weighted by Gasteiger charge is 2.38. The van der Waals surface area contributed by atoms with Crippen LogP contribution in [-0.4, -0.2) is 57.3 Å². The molecule has 2 N–H and O–H groups in total. The summed E-state index contributed by atoms with van der Waals surface area (Å²) < 4.78 is 2.02. The topological polar surface area (TPSA) is 70.4 Å². The van der Waals surface area contributed by atoms with Crippen LogP contribution in [0.25, 0.3) is 0 Å². The highest BCUT2D eigenvalue weighted by Crippen LogP contribution is 2.35. The summed E-state index contributed by atoms with van der Waals surface area (Å²) in [6, 6.07) is 0. The molecule has 0 atom stereocenters. The molecule has 0 aromatic carbocycles. The summed E-state index contributed by atoms with van der Waals surface area (Å²) in [4.78, 5) is 7.64. The monoisotopic (exact) mass is 531 g/mol. The van der Waals surface area contributed by atoms with Crippen LogP contribution in [0.4, 0.5) is 0 Å². The van der Waals surface area contributed by atoms with Crippen LogP contribution < -0.4 is 10.6 Å². The van der Waals surface area contributed by atoms with Gasteiger partial charge in [-0.05, 0) is 52.1 Å². The van der Waals surface area contributed by atoms with Crippen molar-refractivity contribution in [3.05, 3.63) is 11.6 Å². The second kappa shape index (κ2) is 12.8. The lowest BCUT2D eigenvalue weighted by Gasteiger charge is -2.48. The van der Waals surface area contributed by atoms with Crippen molar-refractivity contribution in [3.8, 4) is 0 Å². The highest BCUT2D eigenvalue weighted by atomic mass is 127. The van der Waals surface area contributed by atoms with Gasteiger partial charge in [0.05, 0.1) is 0 Å². The third-order valence-corrected chi connectivity index (χ3v) is 6.78. The van der Waals surface area contributed by atoms with Crippen LogP contribution in [0.1, 0.15) is 82.8 Å². The molecule has 0 unspecified atom stereocenters. The van der Waals surface area contributed by atoms with E-state index in [2.05, 4.69) is 32.7 Å². The molecule has 0 bridgehead atoms. The Kier molecular flexibility index (Phi) is 10.8. The van der Waals surface area contributed by atoms with Gasteiger partial charge in [0, 0.05) is 25.7 Å². The quantitative estimate of drug-likeness (QED) is 0.231. The van der Waals surface area contributed by atoms with Crippen LogP contribution >= 0.6 is 24.0 Å². The fourth-order valence-corrected chi connectivity index (χ4v) is 4.73. The number of aromatic nitrogens is 3. The van der Waals surface area contributed by atoms with E-state index in [1.807, 2.05) is 18.5 Å². The van der Waals surface area contributed by atoms with E-state index in [1.54, 1.807) is 0 Å². The van der Waals surface area contributed by atoms with Gasteiger partial charge in [-0.15, -0.1) is 34.2 Å². The van der Waals surface area contributed by atoms with Gasteiger partial charge in [0.15, 0.2) is 11.8 Å². The number of hydrogen-bond acceptors (Lipinski definition) is 4. The molecule has 2 aliphatic rings. The molecule has 1 aromatic heterocycles. The number of piperidine rings is 1. The van der Waals surface area contributed by atoms with Gasteiger partial charge >= 0.3 is 0 Å². The van der Waals surface area contributed by atoms with Gasteiger partial charge in [-0.3, -0.25) is 4.90 Å². The van der Waals surface area contributed by atoms with E-state index in [0.717, 1.165) is 37.1 Å². The molecule has 7 nitrogen and oxygen atoms in total. The minimum atomic E-state index is 0. The molecule has 2 fully saturated rings. The molecule has 8 heteroatoms. The third-order valence-electron chi connectivity index (χ3n) is 6.78. The summed E-state index contributed by atoms with van der Waals surface area (Å²) in [5, 5.41) is 15.7. The lowest BCUT2D eigenvalue weighted by atomic mass is 9.79. The first-order valence-electron chi connectivity index (χ1n) is 11.8. The third kappa shape index (κ3) is 6.80. The number of unbranched alkanes of at least 4 members (excludes halogenated alkanes) is 1. The zero-order valence-electron chi connectivity index (χ0n) is 19.3. The van der Waals surface area contributed by atoms with Crippen LogP contribution in [-0.2, 0) is 13.6 Å². The molecule has 0 amide bonds. The van der Waals surface area contributed by atoms with Crippen LogP contribution in [0.5, 0.6) is 0 Å². The lowest BCUT2D eigenvalue weighted by molar-refractivity contribution is 0.0368. The van der Waals surface area contributed by atoms with Crippen molar-refractivity contribution in [2.45, 2.75) is 90.1 Å². The van der Waals surface area contributed by atoms with Gasteiger partial charge in [0.1, 0.15) is 12.4 Å². The van der Waals surface area contributed by atoms with E-state index >= 15 is 0 Å². The largest absolute Gasteiger partial charge is 0.356 e. The van der Waals surface area contributed by atoms with Crippen LogP contribution in [0.3, 0.4) is 0 Å². The summed E-state index contributed by atoms with van der Waals surface area (Å²) in [6.07, 6.45) is 13.1. The number of aryl methyl sites for hydroxylation is 1. The molecule has 0 spiro atoms. The number of halogens is 1. The fourth-order valence-electron chi connectivity index (χ4n) is 4.73. The van der Waals surface area contributed by atoms with Crippen molar-refractivity contribution in [2.75, 3.05) is 26.2 Å². The molecule has 3 rings (SSSR count). The Balaban J connectivity index is 0.00000320. The van der Waals surface area contributed by atoms with Gasteiger partial charge in [-0.25, -0.2) is 4.99 Å². The van der Waals surface area contributed by atoms with E-state index < -0.39 is 0 Å². The Morgan fingerprint density at radius 1 is 1.03 bits per heavy atom. The van der Waals surface area contributed by atoms with Gasteiger partial charge in [0.25, 0.3) is 0 Å². The summed E-state index contributed by atoms with van der Waals surface area (Å²) >= 11 is 0. The first kappa shape index (κ1) is 25.4. The number of rotatable bonds is 8. The van der Waals surface area contributed by atoms with E-state index in [1.165, 1.54) is 70.9 Å². The Morgan fingerprint density at radius 3 is 2.37 bits per heavy atom. The number of aliphatic imine (C=N–C) groups is 1. The molecule has 1 aromatic rings. The van der Waals surface area contributed by atoms with Crippen LogP contribution in [0.2, 0.25) is 0 Å². The molecular formula is C22H42IN7. The molecule has 172 valence electrons. The van der Waals surface area contributed by atoms with E-state index in [0.29, 0.717) is 12.1 Å². The fraction of sp³-hybridized carbons (Fsp3) is 0.864. The average molecular weight is 532 g/mol. The Morgan fingerprint density at radius 2 is 1.73 bits per heavy atom. The molecule has 1 saturated heterocycles. The summed E-state index contributed by atoms with van der Waals surface area (Å²) in [7, 11) is 2.01. The van der Waals surface area contributed by atoms with E-state index in [9.17, 15) is 0 Å². The molecule has 1 aliphatic carbocycles. The SMILES string of the molecule is CCCCNC(=NCc1nnc(C)n1C)NCC1(N2CCCCC2)CCCCC1.I. The van der Waals surface area contributed by atoms with E-state index in [4.69, 9.17) is 4.99 Å². The Hall–Kier alpha value is -0.900.